The van der Waals surface area contributed by atoms with Crippen LogP contribution in [0.5, 0.6) is 0 Å². The Kier molecular flexibility index (Phi) is 4.68. The molecule has 0 aromatic heterocycles. The van der Waals surface area contributed by atoms with Crippen LogP contribution in [-0.2, 0) is 6.18 Å². The average Bonchev–Trinajstić information content (AvgIpc) is 2.46. The summed E-state index contributed by atoms with van der Waals surface area (Å²) in [5.41, 5.74) is -1.12. The fourth-order valence-corrected chi connectivity index (χ4v) is 2.05. The van der Waals surface area contributed by atoms with Crippen LogP contribution in [0.4, 0.5) is 22.0 Å². The van der Waals surface area contributed by atoms with E-state index in [1.165, 1.54) is 19.1 Å². The van der Waals surface area contributed by atoms with E-state index in [0.717, 1.165) is 18.2 Å². The van der Waals surface area contributed by atoms with E-state index >= 15 is 0 Å². The molecule has 0 unspecified atom stereocenters. The van der Waals surface area contributed by atoms with Crippen LogP contribution in [0.3, 0.4) is 0 Å². The number of alkyl halides is 3. The highest BCUT2D eigenvalue weighted by Crippen LogP contribution is 2.29. The summed E-state index contributed by atoms with van der Waals surface area (Å²) in [6, 6.07) is 5.93. The first-order valence-corrected chi connectivity index (χ1v) is 6.61. The first kappa shape index (κ1) is 16.9. The quantitative estimate of drug-likeness (QED) is 0.827. The molecule has 1 atom stereocenters. The number of hydrogen-bond donors (Lipinski definition) is 1. The van der Waals surface area contributed by atoms with Crippen molar-refractivity contribution in [3.05, 3.63) is 70.8 Å². The van der Waals surface area contributed by atoms with E-state index in [9.17, 15) is 26.7 Å². The molecule has 1 N–H and O–H groups in total. The molecule has 7 heteroatoms. The summed E-state index contributed by atoms with van der Waals surface area (Å²) in [5, 5.41) is 2.38. The van der Waals surface area contributed by atoms with Crippen molar-refractivity contribution >= 4 is 5.91 Å². The molecule has 0 fully saturated rings. The first-order chi connectivity index (χ1) is 10.7. The van der Waals surface area contributed by atoms with Crippen LogP contribution in [0, 0.1) is 11.6 Å². The summed E-state index contributed by atoms with van der Waals surface area (Å²) in [6.45, 7) is 1.45. The van der Waals surface area contributed by atoms with Gasteiger partial charge in [-0.25, -0.2) is 8.78 Å². The van der Waals surface area contributed by atoms with Crippen LogP contribution in [0.1, 0.15) is 34.5 Å². The number of carbonyl (C=O) groups is 1. The van der Waals surface area contributed by atoms with Gasteiger partial charge in [0.15, 0.2) is 0 Å². The first-order valence-electron chi connectivity index (χ1n) is 6.61. The molecule has 0 aliphatic heterocycles. The summed E-state index contributed by atoms with van der Waals surface area (Å²) in [6.07, 6.45) is -4.56. The average molecular weight is 329 g/mol. The lowest BCUT2D eigenvalue weighted by molar-refractivity contribution is -0.137. The minimum absolute atomic E-state index is 0.0340. The van der Waals surface area contributed by atoms with Crippen LogP contribution in [0.25, 0.3) is 0 Å². The van der Waals surface area contributed by atoms with Crippen molar-refractivity contribution in [3.63, 3.8) is 0 Å². The van der Waals surface area contributed by atoms with Crippen molar-refractivity contribution < 1.29 is 26.7 Å². The van der Waals surface area contributed by atoms with Crippen molar-refractivity contribution in [1.82, 2.24) is 5.32 Å². The van der Waals surface area contributed by atoms with Gasteiger partial charge in [-0.3, -0.25) is 4.79 Å². The number of halogens is 5. The number of nitrogens with one attached hydrogen (secondary N) is 1. The van der Waals surface area contributed by atoms with Gasteiger partial charge in [0.25, 0.3) is 5.91 Å². The molecular formula is C16H12F5NO. The van der Waals surface area contributed by atoms with Crippen LogP contribution in [0.2, 0.25) is 0 Å². The maximum Gasteiger partial charge on any atom is 0.416 e. The molecule has 2 aromatic carbocycles. The molecule has 0 saturated heterocycles. The molecule has 0 spiro atoms. The van der Waals surface area contributed by atoms with E-state index in [1.807, 2.05) is 0 Å². The Bertz CT molecular complexity index is 727. The summed E-state index contributed by atoms with van der Waals surface area (Å²) in [5.74, 6) is -2.39. The second-order valence-corrected chi connectivity index (χ2v) is 4.94. The molecule has 2 rings (SSSR count). The normalized spacial score (nSPS) is 12.8. The largest absolute Gasteiger partial charge is 0.416 e. The highest BCUT2D eigenvalue weighted by atomic mass is 19.4. The zero-order valence-electron chi connectivity index (χ0n) is 11.9. The minimum Gasteiger partial charge on any atom is -0.345 e. The Morgan fingerprint density at radius 1 is 1.09 bits per heavy atom. The molecule has 0 heterocycles. The predicted molar refractivity (Wildman–Crippen MR) is 73.7 cm³/mol. The third-order valence-electron chi connectivity index (χ3n) is 3.23. The zero-order chi connectivity index (χ0) is 17.2. The number of benzene rings is 2. The number of hydrogen-bond acceptors (Lipinski definition) is 1. The maximum atomic E-state index is 13.6. The Morgan fingerprint density at radius 3 is 2.39 bits per heavy atom. The van der Waals surface area contributed by atoms with E-state index in [4.69, 9.17) is 0 Å². The maximum absolute atomic E-state index is 13.6. The molecule has 122 valence electrons. The van der Waals surface area contributed by atoms with Crippen LogP contribution >= 0.6 is 0 Å². The Balaban J connectivity index is 2.18. The zero-order valence-corrected chi connectivity index (χ0v) is 11.9. The van der Waals surface area contributed by atoms with Gasteiger partial charge in [0.1, 0.15) is 11.6 Å². The van der Waals surface area contributed by atoms with Gasteiger partial charge in [-0.1, -0.05) is 12.1 Å². The lowest BCUT2D eigenvalue weighted by Gasteiger charge is -2.16. The molecule has 0 aliphatic carbocycles. The van der Waals surface area contributed by atoms with E-state index < -0.39 is 35.3 Å². The van der Waals surface area contributed by atoms with Gasteiger partial charge in [0.2, 0.25) is 0 Å². The van der Waals surface area contributed by atoms with E-state index in [1.54, 1.807) is 0 Å². The predicted octanol–water partition coefficient (Wildman–Crippen LogP) is 4.47. The summed E-state index contributed by atoms with van der Waals surface area (Å²) < 4.78 is 64.4. The van der Waals surface area contributed by atoms with Crippen molar-refractivity contribution in [3.8, 4) is 0 Å². The molecule has 1 amide bonds. The van der Waals surface area contributed by atoms with E-state index in [-0.39, 0.29) is 11.1 Å². The lowest BCUT2D eigenvalue weighted by atomic mass is 10.1. The van der Waals surface area contributed by atoms with Crippen LogP contribution in [0.15, 0.2) is 42.5 Å². The van der Waals surface area contributed by atoms with Gasteiger partial charge in [-0.15, -0.1) is 0 Å². The molecule has 0 saturated carbocycles. The molecule has 2 aromatic rings. The molecule has 2 nitrogen and oxygen atoms in total. The van der Waals surface area contributed by atoms with Gasteiger partial charge in [0.05, 0.1) is 11.6 Å². The molecule has 0 bridgehead atoms. The second-order valence-electron chi connectivity index (χ2n) is 4.94. The van der Waals surface area contributed by atoms with Gasteiger partial charge in [-0.2, -0.15) is 13.2 Å². The van der Waals surface area contributed by atoms with Crippen LogP contribution in [-0.4, -0.2) is 5.91 Å². The van der Waals surface area contributed by atoms with Crippen molar-refractivity contribution in [2.75, 3.05) is 0 Å². The third-order valence-corrected chi connectivity index (χ3v) is 3.23. The minimum atomic E-state index is -4.56. The summed E-state index contributed by atoms with van der Waals surface area (Å²) in [4.78, 5) is 12.0. The molecule has 0 radical (unpaired) electrons. The lowest BCUT2D eigenvalue weighted by Crippen LogP contribution is -2.27. The van der Waals surface area contributed by atoms with Gasteiger partial charge in [0, 0.05) is 17.2 Å². The topological polar surface area (TPSA) is 29.1 Å². The number of rotatable bonds is 3. The molecule has 23 heavy (non-hydrogen) atoms. The van der Waals surface area contributed by atoms with Gasteiger partial charge in [-0.05, 0) is 31.2 Å². The summed E-state index contributed by atoms with van der Waals surface area (Å²) in [7, 11) is 0. The monoisotopic (exact) mass is 329 g/mol. The second kappa shape index (κ2) is 6.36. The van der Waals surface area contributed by atoms with Crippen molar-refractivity contribution in [1.29, 1.82) is 0 Å². The SMILES string of the molecule is C[C@H](NC(=O)c1cccc(C(F)(F)F)c1)c1ccc(F)cc1F. The van der Waals surface area contributed by atoms with Gasteiger partial charge < -0.3 is 5.32 Å². The number of amides is 1. The fourth-order valence-electron chi connectivity index (χ4n) is 2.05. The Labute approximate surface area is 128 Å². The van der Waals surface area contributed by atoms with Gasteiger partial charge >= 0.3 is 6.18 Å². The Morgan fingerprint density at radius 2 is 1.78 bits per heavy atom. The summed E-state index contributed by atoms with van der Waals surface area (Å²) >= 11 is 0. The van der Waals surface area contributed by atoms with Crippen LogP contribution < -0.4 is 5.32 Å². The fraction of sp³-hybridized carbons (Fsp3) is 0.188. The highest BCUT2D eigenvalue weighted by Gasteiger charge is 2.31. The van der Waals surface area contributed by atoms with E-state index in [2.05, 4.69) is 5.32 Å². The molecule has 0 aliphatic rings. The Hall–Kier alpha value is -2.44. The highest BCUT2D eigenvalue weighted by molar-refractivity contribution is 5.94. The standard InChI is InChI=1S/C16H12F5NO/c1-9(13-6-5-12(17)8-14(13)18)22-15(23)10-3-2-4-11(7-10)16(19,20)21/h2-9H,1H3,(H,22,23)/t9-/m0/s1. The van der Waals surface area contributed by atoms with Crippen molar-refractivity contribution in [2.24, 2.45) is 0 Å². The number of carbonyl (C=O) groups excluding carboxylic acids is 1. The van der Waals surface area contributed by atoms with E-state index in [0.29, 0.717) is 12.1 Å². The molecular weight excluding hydrogens is 317 g/mol. The van der Waals surface area contributed by atoms with Crippen molar-refractivity contribution in [2.45, 2.75) is 19.1 Å². The smallest absolute Gasteiger partial charge is 0.345 e. The third kappa shape index (κ3) is 4.06.